The first-order valence-corrected chi connectivity index (χ1v) is 18.3. The number of pyridine rings is 2. The Kier molecular flexibility index (Phi) is 12.0. The summed E-state index contributed by atoms with van der Waals surface area (Å²) in [5.74, 6) is 0.264. The average molecular weight is 768 g/mol. The van der Waals surface area contributed by atoms with Gasteiger partial charge < -0.3 is 19.7 Å². The van der Waals surface area contributed by atoms with E-state index in [0.29, 0.717) is 35.7 Å². The molecule has 1 saturated carbocycles. The molecule has 0 radical (unpaired) electrons. The number of alkyl halides is 3. The second-order valence-electron chi connectivity index (χ2n) is 15.0. The van der Waals surface area contributed by atoms with E-state index in [1.54, 1.807) is 24.4 Å². The maximum absolute atomic E-state index is 13.2. The van der Waals surface area contributed by atoms with Gasteiger partial charge in [0.15, 0.2) is 5.78 Å². The van der Waals surface area contributed by atoms with Crippen LogP contribution in [0.15, 0.2) is 47.6 Å². The van der Waals surface area contributed by atoms with Crippen LogP contribution in [0.4, 0.5) is 29.6 Å². The Hall–Kier alpha value is -3.60. The molecule has 52 heavy (non-hydrogen) atoms. The highest BCUT2D eigenvalue weighted by Crippen LogP contribution is 2.60. The van der Waals surface area contributed by atoms with Gasteiger partial charge >= 0.3 is 12.3 Å². The molecule has 1 aliphatic carbocycles. The minimum Gasteiger partial charge on any atom is -0.444 e. The minimum absolute atomic E-state index is 0.0421. The number of hydrogen-bond donors (Lipinski definition) is 3. The summed E-state index contributed by atoms with van der Waals surface area (Å²) in [6.07, 6.45) is -0.222. The van der Waals surface area contributed by atoms with E-state index >= 15 is 0 Å². The number of carbonyl (C=O) groups is 3. The van der Waals surface area contributed by atoms with Crippen LogP contribution in [-0.4, -0.2) is 75.9 Å². The van der Waals surface area contributed by atoms with Gasteiger partial charge in [0.05, 0.1) is 11.0 Å². The van der Waals surface area contributed by atoms with Crippen molar-refractivity contribution in [3.8, 4) is 0 Å². The van der Waals surface area contributed by atoms with Crippen LogP contribution in [0.2, 0.25) is 5.15 Å². The number of aromatic nitrogens is 2. The molecule has 0 spiro atoms. The van der Waals surface area contributed by atoms with Gasteiger partial charge in [-0.3, -0.25) is 19.3 Å². The fourth-order valence-electron chi connectivity index (χ4n) is 6.22. The second-order valence-corrected chi connectivity index (χ2v) is 16.2. The highest BCUT2D eigenvalue weighted by atomic mass is 35.5. The SMILES string of the molecule is CC(C)(C)OC(=O)N1CC(CCCNc2cccc(SNC(=O)c3ccc(N4C=CC(OCC(=O)CC5(C(F)(F)F)CC5)N4)nc3Cl)n2)CC1(C)C. The summed E-state index contributed by atoms with van der Waals surface area (Å²) in [5.41, 5.74) is 0.334. The largest absolute Gasteiger partial charge is 0.444 e. The van der Waals surface area contributed by atoms with Crippen molar-refractivity contribution >= 4 is 53.0 Å². The molecule has 2 aliphatic heterocycles. The number of hydrogen-bond acceptors (Lipinski definition) is 11. The third-order valence-electron chi connectivity index (χ3n) is 9.06. The summed E-state index contributed by atoms with van der Waals surface area (Å²) >= 11 is 7.39. The molecular weight excluding hydrogens is 723 g/mol. The van der Waals surface area contributed by atoms with E-state index < -0.39 is 48.1 Å². The Bertz CT molecular complexity index is 1670. The lowest BCUT2D eigenvalue weighted by Gasteiger charge is -2.33. The summed E-state index contributed by atoms with van der Waals surface area (Å²) in [6, 6.07) is 8.51. The van der Waals surface area contributed by atoms with Crippen molar-refractivity contribution in [2.75, 3.05) is 30.0 Å². The number of anilines is 2. The Morgan fingerprint density at radius 2 is 1.87 bits per heavy atom. The van der Waals surface area contributed by atoms with E-state index in [9.17, 15) is 27.6 Å². The maximum atomic E-state index is 13.2. The number of hydrazine groups is 1. The lowest BCUT2D eigenvalue weighted by atomic mass is 9.93. The second kappa shape index (κ2) is 15.8. The van der Waals surface area contributed by atoms with Crippen LogP contribution in [0, 0.1) is 11.3 Å². The number of Topliss-reactive ketones (excluding diaryl/α,β-unsaturated/α-hetero) is 1. The minimum atomic E-state index is -4.40. The lowest BCUT2D eigenvalue weighted by Crippen LogP contribution is -2.45. The molecule has 284 valence electrons. The smallest absolute Gasteiger partial charge is 0.410 e. The molecule has 3 N–H and O–H groups in total. The van der Waals surface area contributed by atoms with E-state index in [2.05, 4.69) is 39.3 Å². The molecule has 2 atom stereocenters. The van der Waals surface area contributed by atoms with Gasteiger partial charge in [0.2, 0.25) is 0 Å². The number of amides is 2. The van der Waals surface area contributed by atoms with Gasteiger partial charge in [-0.15, -0.1) is 0 Å². The number of nitrogens with one attached hydrogen (secondary N) is 3. The average Bonchev–Trinajstić information content (AvgIpc) is 3.57. The van der Waals surface area contributed by atoms with Crippen molar-refractivity contribution in [2.45, 2.75) is 102 Å². The Labute approximate surface area is 310 Å². The molecule has 2 fully saturated rings. The lowest BCUT2D eigenvalue weighted by molar-refractivity contribution is -0.191. The fourth-order valence-corrected chi connectivity index (χ4v) is 7.06. The van der Waals surface area contributed by atoms with E-state index in [-0.39, 0.29) is 35.2 Å². The summed E-state index contributed by atoms with van der Waals surface area (Å²) in [5, 5.41) is 5.30. The van der Waals surface area contributed by atoms with Crippen molar-refractivity contribution in [3.63, 3.8) is 0 Å². The van der Waals surface area contributed by atoms with Crippen LogP contribution in [0.5, 0.6) is 0 Å². The van der Waals surface area contributed by atoms with E-state index in [4.69, 9.17) is 21.1 Å². The van der Waals surface area contributed by atoms with Gasteiger partial charge in [-0.25, -0.2) is 14.8 Å². The van der Waals surface area contributed by atoms with E-state index in [1.165, 1.54) is 11.1 Å². The first kappa shape index (κ1) is 39.6. The number of ether oxygens (including phenoxy) is 2. The third-order valence-corrected chi connectivity index (χ3v) is 10.1. The molecule has 2 aromatic rings. The predicted molar refractivity (Wildman–Crippen MR) is 191 cm³/mol. The number of carbonyl (C=O) groups excluding carboxylic acids is 3. The summed E-state index contributed by atoms with van der Waals surface area (Å²) in [7, 11) is 0. The molecule has 4 heterocycles. The monoisotopic (exact) mass is 767 g/mol. The summed E-state index contributed by atoms with van der Waals surface area (Å²) in [6.45, 7) is 10.6. The molecule has 2 aromatic heterocycles. The van der Waals surface area contributed by atoms with E-state index in [1.807, 2.05) is 37.8 Å². The molecular formula is C35H45ClF3N7O5S. The molecule has 0 aromatic carbocycles. The number of likely N-dealkylation sites (tertiary alicyclic amines) is 1. The van der Waals surface area contributed by atoms with Gasteiger partial charge in [-0.05, 0) is 103 Å². The normalized spacial score (nSPS) is 20.6. The summed E-state index contributed by atoms with van der Waals surface area (Å²) in [4.78, 5) is 48.5. The Balaban J connectivity index is 1.03. The molecule has 0 bridgehead atoms. The number of rotatable bonds is 14. The van der Waals surface area contributed by atoms with Crippen LogP contribution in [-0.2, 0) is 14.3 Å². The molecule has 12 nitrogen and oxygen atoms in total. The van der Waals surface area contributed by atoms with Crippen LogP contribution < -0.4 is 20.5 Å². The van der Waals surface area contributed by atoms with Crippen molar-refractivity contribution in [3.05, 3.63) is 53.3 Å². The number of nitrogens with zero attached hydrogens (tertiary/aromatic N) is 4. The fraction of sp³-hybridized carbons (Fsp3) is 0.571. The highest BCUT2D eigenvalue weighted by Gasteiger charge is 2.63. The van der Waals surface area contributed by atoms with Crippen LogP contribution in [0.1, 0.15) is 83.5 Å². The Morgan fingerprint density at radius 1 is 1.12 bits per heavy atom. The number of ketones is 1. The first-order chi connectivity index (χ1) is 24.3. The summed E-state index contributed by atoms with van der Waals surface area (Å²) < 4.78 is 53.2. The Morgan fingerprint density at radius 3 is 2.54 bits per heavy atom. The van der Waals surface area contributed by atoms with Crippen LogP contribution in [0.3, 0.4) is 0 Å². The molecule has 5 rings (SSSR count). The highest BCUT2D eigenvalue weighted by molar-refractivity contribution is 7.97. The van der Waals surface area contributed by atoms with Crippen LogP contribution >= 0.6 is 23.5 Å². The maximum Gasteiger partial charge on any atom is 0.410 e. The van der Waals surface area contributed by atoms with Gasteiger partial charge in [0.1, 0.15) is 40.3 Å². The van der Waals surface area contributed by atoms with Crippen molar-refractivity contribution in [2.24, 2.45) is 11.3 Å². The third kappa shape index (κ3) is 10.3. The quantitative estimate of drug-likeness (QED) is 0.102. The van der Waals surface area contributed by atoms with Gasteiger partial charge in [0, 0.05) is 43.2 Å². The molecule has 1 saturated heterocycles. The van der Waals surface area contributed by atoms with Crippen molar-refractivity contribution in [1.82, 2.24) is 25.0 Å². The van der Waals surface area contributed by atoms with E-state index in [0.717, 1.165) is 31.2 Å². The van der Waals surface area contributed by atoms with Crippen molar-refractivity contribution in [1.29, 1.82) is 0 Å². The zero-order valence-electron chi connectivity index (χ0n) is 29.8. The topological polar surface area (TPSA) is 138 Å². The molecule has 17 heteroatoms. The van der Waals surface area contributed by atoms with Crippen molar-refractivity contribution < 1.29 is 37.0 Å². The van der Waals surface area contributed by atoms with Gasteiger partial charge in [-0.1, -0.05) is 17.7 Å². The zero-order chi connectivity index (χ0) is 37.9. The number of halogens is 4. The zero-order valence-corrected chi connectivity index (χ0v) is 31.4. The molecule has 2 unspecified atom stereocenters. The van der Waals surface area contributed by atoms with Crippen LogP contribution in [0.25, 0.3) is 0 Å². The molecule has 3 aliphatic rings. The molecule has 2 amide bonds. The van der Waals surface area contributed by atoms with Gasteiger partial charge in [0.25, 0.3) is 5.91 Å². The predicted octanol–water partition coefficient (Wildman–Crippen LogP) is 7.28. The first-order valence-electron chi connectivity index (χ1n) is 17.1. The van der Waals surface area contributed by atoms with Gasteiger partial charge in [-0.2, -0.15) is 18.6 Å². The standard InChI is InChI=1S/C35H45ClF3N7O5S/c1-32(2,3)51-31(49)45-20-22(18-33(45,4)5)8-7-16-40-25-9-6-10-28(41-25)52-44-30(48)24-11-12-26(42-29(24)36)46-17-13-27(43-46)50-21-23(47)19-34(14-15-34)35(37,38)39/h6,9-13,17,22,27,43H,7-8,14-16,18-21H2,1-5H3,(H,40,41)(H,44,48).